The molecule has 0 bridgehead atoms. The van der Waals surface area contributed by atoms with Crippen LogP contribution in [0.15, 0.2) is 76.4 Å². The minimum atomic E-state index is -1.05. The fourth-order valence-corrected chi connectivity index (χ4v) is 6.19. The Morgan fingerprint density at radius 1 is 0.977 bits per heavy atom. The number of hydrogen-bond acceptors (Lipinski definition) is 10. The van der Waals surface area contributed by atoms with E-state index < -0.39 is 23.5 Å². The Kier molecular flexibility index (Phi) is 7.41. The number of benzene rings is 3. The third-order valence-corrected chi connectivity index (χ3v) is 8.09. The normalized spacial score (nSPS) is 15.0. The van der Waals surface area contributed by atoms with E-state index in [1.165, 1.54) is 30.5 Å². The highest BCUT2D eigenvalue weighted by Crippen LogP contribution is 2.46. The Bertz CT molecular complexity index is 1910. The lowest BCUT2D eigenvalue weighted by Gasteiger charge is -2.25. The van der Waals surface area contributed by atoms with Gasteiger partial charge in [-0.25, -0.2) is 4.98 Å². The van der Waals surface area contributed by atoms with Crippen LogP contribution in [0.5, 0.6) is 23.0 Å². The Morgan fingerprint density at radius 2 is 1.77 bits per heavy atom. The number of carbonyl (C=O) groups is 2. The largest absolute Gasteiger partial charge is 0.503 e. The zero-order valence-corrected chi connectivity index (χ0v) is 24.7. The summed E-state index contributed by atoms with van der Waals surface area (Å²) < 4.78 is 29.0. The molecule has 10 nitrogen and oxygen atoms in total. The molecule has 1 aliphatic heterocycles. The molecule has 3 heterocycles. The number of amides is 1. The van der Waals surface area contributed by atoms with Crippen molar-refractivity contribution in [2.24, 2.45) is 0 Å². The molecule has 0 saturated carbocycles. The monoisotopic (exact) mass is 600 g/mol. The number of ether oxygens (including phenoxy) is 4. The van der Waals surface area contributed by atoms with Gasteiger partial charge < -0.3 is 28.5 Å². The molecule has 1 aliphatic rings. The number of aliphatic hydroxyl groups excluding tert-OH is 1. The molecular weight excluding hydrogens is 572 g/mol. The van der Waals surface area contributed by atoms with Crippen LogP contribution >= 0.6 is 11.3 Å². The number of para-hydroxylation sites is 1. The van der Waals surface area contributed by atoms with E-state index in [4.69, 9.17) is 28.3 Å². The summed E-state index contributed by atoms with van der Waals surface area (Å²) in [6, 6.07) is 16.4. The van der Waals surface area contributed by atoms with Crippen molar-refractivity contribution in [2.75, 3.05) is 32.3 Å². The van der Waals surface area contributed by atoms with E-state index in [-0.39, 0.29) is 11.3 Å². The number of ketones is 1. The van der Waals surface area contributed by atoms with Crippen LogP contribution < -0.4 is 23.8 Å². The molecule has 0 saturated heterocycles. The second kappa shape index (κ2) is 11.3. The summed E-state index contributed by atoms with van der Waals surface area (Å²) in [4.78, 5) is 33.9. The molecule has 220 valence electrons. The highest BCUT2D eigenvalue weighted by Gasteiger charge is 2.47. The van der Waals surface area contributed by atoms with Crippen LogP contribution in [-0.4, -0.2) is 49.2 Å². The van der Waals surface area contributed by atoms with Gasteiger partial charge in [-0.2, -0.15) is 0 Å². The predicted octanol–water partition coefficient (Wildman–Crippen LogP) is 6.64. The molecule has 0 aliphatic carbocycles. The van der Waals surface area contributed by atoms with Crippen molar-refractivity contribution in [3.8, 4) is 23.0 Å². The number of methoxy groups -OCH3 is 2. The molecule has 1 unspecified atom stereocenters. The van der Waals surface area contributed by atoms with Gasteiger partial charge in [0.2, 0.25) is 5.78 Å². The van der Waals surface area contributed by atoms with Gasteiger partial charge in [0.05, 0.1) is 49.3 Å². The lowest BCUT2D eigenvalue weighted by Crippen LogP contribution is -2.31. The maximum atomic E-state index is 14.1. The van der Waals surface area contributed by atoms with Gasteiger partial charge in [-0.3, -0.25) is 14.5 Å². The maximum Gasteiger partial charge on any atom is 0.296 e. The van der Waals surface area contributed by atoms with E-state index in [2.05, 4.69) is 0 Å². The van der Waals surface area contributed by atoms with Crippen molar-refractivity contribution >= 4 is 49.3 Å². The second-order valence-corrected chi connectivity index (χ2v) is 10.6. The first-order chi connectivity index (χ1) is 20.9. The van der Waals surface area contributed by atoms with Gasteiger partial charge >= 0.3 is 0 Å². The van der Waals surface area contributed by atoms with E-state index in [0.29, 0.717) is 63.4 Å². The molecule has 3 aromatic carbocycles. The number of thiazole rings is 1. The predicted molar refractivity (Wildman–Crippen MR) is 162 cm³/mol. The Hall–Kier alpha value is -5.03. The zero-order chi connectivity index (χ0) is 30.2. The molecule has 1 N–H and O–H groups in total. The third kappa shape index (κ3) is 4.81. The molecule has 5 aromatic rings. The topological polar surface area (TPSA) is 121 Å². The highest BCUT2D eigenvalue weighted by molar-refractivity contribution is 7.22. The number of nitrogens with zero attached hydrogens (tertiary/aromatic N) is 2. The van der Waals surface area contributed by atoms with Crippen LogP contribution in [0, 0.1) is 0 Å². The summed E-state index contributed by atoms with van der Waals surface area (Å²) in [5, 5.41) is 12.2. The Labute approximate surface area is 250 Å². The second-order valence-electron chi connectivity index (χ2n) is 9.56. The van der Waals surface area contributed by atoms with Crippen molar-refractivity contribution in [3.05, 3.63) is 83.3 Å². The SMILES string of the molecule is CCOc1ccc2nc(N3C(=O)C(O)=C(C(=O)c4cc5cccc(OC)c5o4)C3c3ccc(OCC)c(OC)c3)sc2c1. The van der Waals surface area contributed by atoms with Gasteiger partial charge in [0.25, 0.3) is 5.91 Å². The van der Waals surface area contributed by atoms with E-state index >= 15 is 0 Å². The number of furan rings is 1. The minimum Gasteiger partial charge on any atom is -0.503 e. The Balaban J connectivity index is 1.50. The van der Waals surface area contributed by atoms with Crippen LogP contribution in [0.2, 0.25) is 0 Å². The molecule has 0 radical (unpaired) electrons. The Morgan fingerprint density at radius 3 is 2.51 bits per heavy atom. The summed E-state index contributed by atoms with van der Waals surface area (Å²) in [6.45, 7) is 4.67. The van der Waals surface area contributed by atoms with Crippen LogP contribution in [0.25, 0.3) is 21.2 Å². The van der Waals surface area contributed by atoms with Crippen molar-refractivity contribution < 1.29 is 38.1 Å². The summed E-state index contributed by atoms with van der Waals surface area (Å²) in [5.41, 5.74) is 1.38. The molecule has 43 heavy (non-hydrogen) atoms. The lowest BCUT2D eigenvalue weighted by atomic mass is 9.95. The lowest BCUT2D eigenvalue weighted by molar-refractivity contribution is -0.117. The fourth-order valence-electron chi connectivity index (χ4n) is 5.17. The number of fused-ring (bicyclic) bond motifs is 2. The number of carbonyl (C=O) groups excluding carboxylic acids is 2. The smallest absolute Gasteiger partial charge is 0.296 e. The molecule has 6 rings (SSSR count). The fraction of sp³-hybridized carbons (Fsp3) is 0.219. The average Bonchev–Trinajstić information content (AvgIpc) is 3.71. The minimum absolute atomic E-state index is 0.0516. The van der Waals surface area contributed by atoms with Crippen LogP contribution in [0.3, 0.4) is 0 Å². The van der Waals surface area contributed by atoms with E-state index in [9.17, 15) is 14.7 Å². The first-order valence-corrected chi connectivity index (χ1v) is 14.4. The number of rotatable bonds is 10. The van der Waals surface area contributed by atoms with Crippen molar-refractivity contribution in [2.45, 2.75) is 19.9 Å². The number of aromatic nitrogens is 1. The molecule has 0 fully saturated rings. The molecule has 1 amide bonds. The van der Waals surface area contributed by atoms with Crippen LogP contribution in [-0.2, 0) is 4.79 Å². The first-order valence-electron chi connectivity index (χ1n) is 13.6. The average molecular weight is 601 g/mol. The number of anilines is 1. The van der Waals surface area contributed by atoms with E-state index in [1.54, 1.807) is 54.6 Å². The van der Waals surface area contributed by atoms with Crippen LogP contribution in [0.4, 0.5) is 5.13 Å². The van der Waals surface area contributed by atoms with E-state index in [0.717, 1.165) is 4.70 Å². The highest BCUT2D eigenvalue weighted by atomic mass is 32.1. The van der Waals surface area contributed by atoms with Gasteiger partial charge in [0.15, 0.2) is 39.5 Å². The van der Waals surface area contributed by atoms with Crippen molar-refractivity contribution in [1.29, 1.82) is 0 Å². The van der Waals surface area contributed by atoms with Crippen molar-refractivity contribution in [3.63, 3.8) is 0 Å². The number of aliphatic hydroxyl groups is 1. The molecule has 11 heteroatoms. The number of Topliss-reactive ketones (excluding diaryl/α,β-unsaturated/α-hetero) is 1. The molecule has 0 spiro atoms. The van der Waals surface area contributed by atoms with Gasteiger partial charge in [0.1, 0.15) is 5.75 Å². The standard InChI is InChI=1S/C32H28N2O8S/c1-5-40-19-11-12-20-25(16-19)43-32(33-20)34-27(17-10-13-21(41-6-2)23(14-17)39-4)26(29(36)31(34)37)28(35)24-15-18-8-7-9-22(38-3)30(18)42-24/h7-16,27,36H,5-6H2,1-4H3. The summed E-state index contributed by atoms with van der Waals surface area (Å²) >= 11 is 1.25. The maximum absolute atomic E-state index is 14.1. The summed E-state index contributed by atoms with van der Waals surface area (Å²) in [7, 11) is 3.01. The van der Waals surface area contributed by atoms with Gasteiger partial charge in [-0.15, -0.1) is 0 Å². The van der Waals surface area contributed by atoms with Gasteiger partial charge in [-0.05, 0) is 61.9 Å². The first kappa shape index (κ1) is 28.1. The van der Waals surface area contributed by atoms with Crippen LogP contribution in [0.1, 0.15) is 36.0 Å². The molecular formula is C32H28N2O8S. The van der Waals surface area contributed by atoms with E-state index in [1.807, 2.05) is 19.9 Å². The summed E-state index contributed by atoms with van der Waals surface area (Å²) in [5.74, 6) is -0.130. The quantitative estimate of drug-likeness (QED) is 0.176. The van der Waals surface area contributed by atoms with Gasteiger partial charge in [0, 0.05) is 5.39 Å². The number of hydrogen-bond donors (Lipinski definition) is 1. The summed E-state index contributed by atoms with van der Waals surface area (Å²) in [6.07, 6.45) is 0. The molecule has 1 atom stereocenters. The third-order valence-electron chi connectivity index (χ3n) is 7.07. The molecule has 2 aromatic heterocycles. The zero-order valence-electron chi connectivity index (χ0n) is 23.9. The van der Waals surface area contributed by atoms with Crippen molar-refractivity contribution in [1.82, 2.24) is 4.98 Å². The van der Waals surface area contributed by atoms with Gasteiger partial charge in [-0.1, -0.05) is 29.5 Å².